The third kappa shape index (κ3) is 1.89. The summed E-state index contributed by atoms with van der Waals surface area (Å²) in [6.45, 7) is 2.25. The highest BCUT2D eigenvalue weighted by Crippen LogP contribution is 2.55. The van der Waals surface area contributed by atoms with Gasteiger partial charge in [-0.05, 0) is 31.6 Å². The van der Waals surface area contributed by atoms with Crippen LogP contribution >= 0.6 is 0 Å². The number of nitriles is 2. The third-order valence-electron chi connectivity index (χ3n) is 6.04. The van der Waals surface area contributed by atoms with Gasteiger partial charge in [-0.1, -0.05) is 18.6 Å². The summed E-state index contributed by atoms with van der Waals surface area (Å²) in [4.78, 5) is 13.9. The number of amides is 1. The number of piperidine rings is 1. The Morgan fingerprint density at radius 3 is 2.76 bits per heavy atom. The molecule has 0 bridgehead atoms. The zero-order chi connectivity index (χ0) is 15.2. The smallest absolute Gasteiger partial charge is 0.222 e. The molecule has 3 aliphatic rings. The van der Waals surface area contributed by atoms with Crippen LogP contribution in [0.25, 0.3) is 0 Å². The summed E-state index contributed by atoms with van der Waals surface area (Å²) in [6.07, 6.45) is 6.21. The molecule has 1 amide bonds. The van der Waals surface area contributed by atoms with E-state index in [0.717, 1.165) is 19.3 Å². The Bertz CT molecular complexity index is 582. The van der Waals surface area contributed by atoms with Crippen LogP contribution in [0.4, 0.5) is 0 Å². The van der Waals surface area contributed by atoms with Crippen LogP contribution in [0.2, 0.25) is 0 Å². The van der Waals surface area contributed by atoms with Gasteiger partial charge in [0.05, 0.1) is 24.0 Å². The summed E-state index contributed by atoms with van der Waals surface area (Å²) in [7, 11) is 1.91. The van der Waals surface area contributed by atoms with Crippen molar-refractivity contribution in [3.63, 3.8) is 0 Å². The van der Waals surface area contributed by atoms with Crippen LogP contribution in [0.5, 0.6) is 0 Å². The van der Waals surface area contributed by atoms with Crippen molar-refractivity contribution in [2.45, 2.75) is 45.1 Å². The highest BCUT2D eigenvalue weighted by Gasteiger charge is 2.53. The Hall–Kier alpha value is -1.81. The largest absolute Gasteiger partial charge is 0.342 e. The van der Waals surface area contributed by atoms with Gasteiger partial charge < -0.3 is 4.90 Å². The Morgan fingerprint density at radius 1 is 1.33 bits per heavy atom. The van der Waals surface area contributed by atoms with Gasteiger partial charge in [0.1, 0.15) is 0 Å². The molecule has 1 aliphatic heterocycles. The van der Waals surface area contributed by atoms with E-state index in [4.69, 9.17) is 0 Å². The molecule has 0 spiro atoms. The van der Waals surface area contributed by atoms with Crippen molar-refractivity contribution in [1.82, 2.24) is 4.90 Å². The van der Waals surface area contributed by atoms with Crippen molar-refractivity contribution in [2.75, 3.05) is 7.05 Å². The van der Waals surface area contributed by atoms with Crippen molar-refractivity contribution in [1.29, 1.82) is 10.5 Å². The average molecular weight is 283 g/mol. The number of carbonyl (C=O) groups is 1. The maximum absolute atomic E-state index is 12.0. The van der Waals surface area contributed by atoms with Gasteiger partial charge in [-0.3, -0.25) is 4.79 Å². The molecule has 3 rings (SSSR count). The van der Waals surface area contributed by atoms with Crippen molar-refractivity contribution in [3.8, 4) is 12.1 Å². The fraction of sp³-hybridized carbons (Fsp3) is 0.706. The fourth-order valence-corrected chi connectivity index (χ4v) is 4.83. The predicted molar refractivity (Wildman–Crippen MR) is 77.5 cm³/mol. The van der Waals surface area contributed by atoms with Crippen LogP contribution in [-0.2, 0) is 4.79 Å². The Labute approximate surface area is 126 Å². The van der Waals surface area contributed by atoms with Gasteiger partial charge in [0.25, 0.3) is 0 Å². The number of carbonyl (C=O) groups excluding carboxylic acids is 1. The molecule has 0 aromatic rings. The SMILES string of the molecule is CN1C(=O)CC[C@]2(C)C3=CCC(C#N)C(C#N)C3CCC12. The van der Waals surface area contributed by atoms with E-state index < -0.39 is 0 Å². The summed E-state index contributed by atoms with van der Waals surface area (Å²) in [5.41, 5.74) is 1.33. The number of allylic oxidation sites excluding steroid dienone is 1. The molecule has 5 atom stereocenters. The van der Waals surface area contributed by atoms with Gasteiger partial charge in [0.2, 0.25) is 5.91 Å². The first-order chi connectivity index (χ1) is 10.0. The van der Waals surface area contributed by atoms with Crippen molar-refractivity contribution in [2.24, 2.45) is 23.2 Å². The molecule has 21 heavy (non-hydrogen) atoms. The maximum atomic E-state index is 12.0. The second kappa shape index (κ2) is 4.88. The van der Waals surface area contributed by atoms with E-state index in [0.29, 0.717) is 12.8 Å². The zero-order valence-corrected chi connectivity index (χ0v) is 12.7. The van der Waals surface area contributed by atoms with E-state index in [2.05, 4.69) is 25.1 Å². The van der Waals surface area contributed by atoms with Crippen LogP contribution in [0, 0.1) is 45.8 Å². The van der Waals surface area contributed by atoms with Crippen LogP contribution in [0.3, 0.4) is 0 Å². The van der Waals surface area contributed by atoms with Gasteiger partial charge in [0.15, 0.2) is 0 Å². The van der Waals surface area contributed by atoms with Crippen LogP contribution in [-0.4, -0.2) is 23.9 Å². The molecule has 4 nitrogen and oxygen atoms in total. The molecule has 1 saturated carbocycles. The molecule has 0 aromatic heterocycles. The Kier molecular flexibility index (Phi) is 3.29. The lowest BCUT2D eigenvalue weighted by atomic mass is 9.54. The second-order valence-electron chi connectivity index (χ2n) is 6.91. The molecule has 4 heteroatoms. The summed E-state index contributed by atoms with van der Waals surface area (Å²) in [5, 5.41) is 18.8. The van der Waals surface area contributed by atoms with E-state index in [9.17, 15) is 15.3 Å². The highest BCUT2D eigenvalue weighted by molar-refractivity contribution is 5.77. The van der Waals surface area contributed by atoms with Crippen LogP contribution in [0.15, 0.2) is 11.6 Å². The lowest BCUT2D eigenvalue weighted by molar-refractivity contribution is -0.141. The molecule has 0 radical (unpaired) electrons. The minimum Gasteiger partial charge on any atom is -0.342 e. The highest BCUT2D eigenvalue weighted by atomic mass is 16.2. The van der Waals surface area contributed by atoms with E-state index in [1.807, 2.05) is 11.9 Å². The van der Waals surface area contributed by atoms with Gasteiger partial charge >= 0.3 is 0 Å². The number of hydrogen-bond acceptors (Lipinski definition) is 3. The summed E-state index contributed by atoms with van der Waals surface area (Å²) in [6, 6.07) is 4.95. The molecule has 4 unspecified atom stereocenters. The molecule has 0 aromatic carbocycles. The minimum atomic E-state index is -0.185. The number of nitrogens with zero attached hydrogens (tertiary/aromatic N) is 3. The van der Waals surface area contributed by atoms with E-state index in [-0.39, 0.29) is 35.1 Å². The Balaban J connectivity index is 2.00. The first-order valence-corrected chi connectivity index (χ1v) is 7.78. The summed E-state index contributed by atoms with van der Waals surface area (Å²) < 4.78 is 0. The monoisotopic (exact) mass is 283 g/mol. The van der Waals surface area contributed by atoms with Crippen LogP contribution < -0.4 is 0 Å². The first-order valence-electron chi connectivity index (χ1n) is 7.78. The Morgan fingerprint density at radius 2 is 2.10 bits per heavy atom. The summed E-state index contributed by atoms with van der Waals surface area (Å²) >= 11 is 0. The zero-order valence-electron chi connectivity index (χ0n) is 12.7. The minimum absolute atomic E-state index is 0.0128. The normalized spacial score (nSPS) is 42.2. The van der Waals surface area contributed by atoms with Gasteiger partial charge in [-0.25, -0.2) is 0 Å². The lowest BCUT2D eigenvalue weighted by Gasteiger charge is -2.55. The third-order valence-corrected chi connectivity index (χ3v) is 6.04. The molecule has 1 saturated heterocycles. The number of fused-ring (bicyclic) bond motifs is 3. The summed E-state index contributed by atoms with van der Waals surface area (Å²) in [5.74, 6) is 0.0814. The van der Waals surface area contributed by atoms with Crippen molar-refractivity contribution in [3.05, 3.63) is 11.6 Å². The van der Waals surface area contributed by atoms with E-state index in [1.54, 1.807) is 0 Å². The van der Waals surface area contributed by atoms with Gasteiger partial charge in [-0.2, -0.15) is 10.5 Å². The van der Waals surface area contributed by atoms with E-state index >= 15 is 0 Å². The number of rotatable bonds is 0. The molecule has 2 fully saturated rings. The number of likely N-dealkylation sites (tertiary alicyclic amines) is 1. The molecule has 2 aliphatic carbocycles. The quantitative estimate of drug-likeness (QED) is 0.642. The molecular formula is C17H21N3O. The predicted octanol–water partition coefficient (Wildman–Crippen LogP) is 2.63. The van der Waals surface area contributed by atoms with Crippen molar-refractivity contribution >= 4 is 5.91 Å². The lowest BCUT2D eigenvalue weighted by Crippen LogP contribution is -2.57. The molecular weight excluding hydrogens is 262 g/mol. The standard InChI is InChI=1S/C17H21N3O/c1-17-8-7-16(21)20(2)15(17)6-4-12-13(10-19)11(9-18)3-5-14(12)17/h5,11-13,15H,3-4,6-8H2,1-2H3/t11?,12?,13?,15?,17-/m1/s1. The van der Waals surface area contributed by atoms with Gasteiger partial charge in [0, 0.05) is 24.9 Å². The first kappa shape index (κ1) is 14.1. The molecule has 1 heterocycles. The maximum Gasteiger partial charge on any atom is 0.222 e. The molecule has 0 N–H and O–H groups in total. The number of hydrogen-bond donors (Lipinski definition) is 0. The second-order valence-corrected chi connectivity index (χ2v) is 6.91. The van der Waals surface area contributed by atoms with Crippen molar-refractivity contribution < 1.29 is 4.79 Å². The topological polar surface area (TPSA) is 67.9 Å². The fourth-order valence-electron chi connectivity index (χ4n) is 4.83. The molecule has 110 valence electrons. The van der Waals surface area contributed by atoms with E-state index in [1.165, 1.54) is 5.57 Å². The van der Waals surface area contributed by atoms with Crippen LogP contribution in [0.1, 0.15) is 39.0 Å². The van der Waals surface area contributed by atoms with Gasteiger partial charge in [-0.15, -0.1) is 0 Å². The average Bonchev–Trinajstić information content (AvgIpc) is 2.50.